The number of thiazole rings is 1. The van der Waals surface area contributed by atoms with E-state index >= 15 is 0 Å². The van der Waals surface area contributed by atoms with Gasteiger partial charge in [-0.15, -0.1) is 35.3 Å². The van der Waals surface area contributed by atoms with Crippen LogP contribution in [-0.2, 0) is 6.54 Å². The Morgan fingerprint density at radius 2 is 2.04 bits per heavy atom. The average molecular weight is 513 g/mol. The first-order chi connectivity index (χ1) is 13.1. The molecule has 0 saturated carbocycles. The zero-order valence-electron chi connectivity index (χ0n) is 17.2. The molecule has 28 heavy (non-hydrogen) atoms. The Kier molecular flexibility index (Phi) is 9.17. The van der Waals surface area contributed by atoms with E-state index in [1.54, 1.807) is 11.3 Å². The second-order valence-electron chi connectivity index (χ2n) is 7.48. The third-order valence-corrected chi connectivity index (χ3v) is 5.95. The van der Waals surface area contributed by atoms with Crippen molar-refractivity contribution in [2.75, 3.05) is 19.6 Å². The van der Waals surface area contributed by atoms with E-state index < -0.39 is 0 Å². The van der Waals surface area contributed by atoms with Crippen LogP contribution in [0.25, 0.3) is 10.6 Å². The van der Waals surface area contributed by atoms with Gasteiger partial charge < -0.3 is 10.6 Å². The minimum absolute atomic E-state index is 0. The number of likely N-dealkylation sites (tertiary alicyclic amines) is 1. The van der Waals surface area contributed by atoms with Crippen LogP contribution in [0.2, 0.25) is 0 Å². The highest BCUT2D eigenvalue weighted by Gasteiger charge is 2.31. The summed E-state index contributed by atoms with van der Waals surface area (Å²) in [5, 5.41) is 10.2. The van der Waals surface area contributed by atoms with Gasteiger partial charge in [0.15, 0.2) is 5.96 Å². The van der Waals surface area contributed by atoms with Gasteiger partial charge in [-0.2, -0.15) is 0 Å². The zero-order chi connectivity index (χ0) is 19.2. The predicted molar refractivity (Wildman–Crippen MR) is 131 cm³/mol. The number of aliphatic imine (C=N–C) groups is 1. The van der Waals surface area contributed by atoms with Crippen LogP contribution in [0.4, 0.5) is 0 Å². The van der Waals surface area contributed by atoms with E-state index in [1.165, 1.54) is 0 Å². The maximum Gasteiger partial charge on any atom is 0.191 e. The summed E-state index contributed by atoms with van der Waals surface area (Å²) in [5.74, 6) is 1.49. The molecule has 7 heteroatoms. The molecular weight excluding hydrogens is 481 g/mol. The Labute approximate surface area is 190 Å². The Morgan fingerprint density at radius 1 is 1.29 bits per heavy atom. The molecule has 0 spiro atoms. The van der Waals surface area contributed by atoms with Crippen molar-refractivity contribution < 1.29 is 0 Å². The van der Waals surface area contributed by atoms with Gasteiger partial charge in [0.2, 0.25) is 0 Å². The van der Waals surface area contributed by atoms with Gasteiger partial charge in [-0.3, -0.25) is 4.90 Å². The van der Waals surface area contributed by atoms with Gasteiger partial charge >= 0.3 is 0 Å². The van der Waals surface area contributed by atoms with E-state index in [1.807, 2.05) is 18.2 Å². The van der Waals surface area contributed by atoms with Crippen molar-refractivity contribution in [3.8, 4) is 10.6 Å². The van der Waals surface area contributed by atoms with Gasteiger partial charge in [0.1, 0.15) is 5.01 Å². The number of rotatable bonds is 6. The summed E-state index contributed by atoms with van der Waals surface area (Å²) in [6.45, 7) is 12.6. The fourth-order valence-corrected chi connectivity index (χ4v) is 4.18. The fourth-order valence-electron chi connectivity index (χ4n) is 3.36. The molecule has 154 valence electrons. The molecule has 2 atom stereocenters. The van der Waals surface area contributed by atoms with E-state index in [2.05, 4.69) is 60.7 Å². The summed E-state index contributed by atoms with van der Waals surface area (Å²) in [6.07, 6.45) is 0. The predicted octanol–water partition coefficient (Wildman–Crippen LogP) is 4.21. The minimum Gasteiger partial charge on any atom is -0.357 e. The quantitative estimate of drug-likeness (QED) is 0.345. The number of aromatic nitrogens is 1. The molecule has 1 aliphatic rings. The number of benzene rings is 1. The van der Waals surface area contributed by atoms with Crippen molar-refractivity contribution in [3.05, 3.63) is 41.4 Å². The summed E-state index contributed by atoms with van der Waals surface area (Å²) in [6, 6.07) is 11.3. The van der Waals surface area contributed by atoms with Gasteiger partial charge in [0, 0.05) is 42.7 Å². The molecule has 1 aromatic carbocycles. The number of hydrogen-bond acceptors (Lipinski definition) is 4. The first-order valence-electron chi connectivity index (χ1n) is 9.85. The van der Waals surface area contributed by atoms with E-state index in [9.17, 15) is 0 Å². The largest absolute Gasteiger partial charge is 0.357 e. The summed E-state index contributed by atoms with van der Waals surface area (Å²) >= 11 is 1.68. The first kappa shape index (κ1) is 23.1. The Balaban J connectivity index is 0.00000280. The molecule has 0 amide bonds. The SMILES string of the molecule is CCNC(=NCc1csc(-c2ccccc2)n1)NC1CN(C(C)C)CC1C.I. The van der Waals surface area contributed by atoms with Crippen molar-refractivity contribution in [3.63, 3.8) is 0 Å². The van der Waals surface area contributed by atoms with Crippen LogP contribution >= 0.6 is 35.3 Å². The number of nitrogens with zero attached hydrogens (tertiary/aromatic N) is 3. The molecule has 1 saturated heterocycles. The molecule has 2 heterocycles. The number of nitrogens with one attached hydrogen (secondary N) is 2. The minimum atomic E-state index is 0. The third kappa shape index (κ3) is 6.15. The molecule has 2 N–H and O–H groups in total. The van der Waals surface area contributed by atoms with E-state index in [-0.39, 0.29) is 24.0 Å². The van der Waals surface area contributed by atoms with Crippen LogP contribution in [0.3, 0.4) is 0 Å². The van der Waals surface area contributed by atoms with Crippen LogP contribution in [0.1, 0.15) is 33.4 Å². The second kappa shape index (κ2) is 11.1. The lowest BCUT2D eigenvalue weighted by molar-refractivity contribution is 0.265. The van der Waals surface area contributed by atoms with Crippen molar-refractivity contribution >= 4 is 41.3 Å². The monoisotopic (exact) mass is 513 g/mol. The van der Waals surface area contributed by atoms with Crippen molar-refractivity contribution in [1.82, 2.24) is 20.5 Å². The highest BCUT2D eigenvalue weighted by Crippen LogP contribution is 2.23. The topological polar surface area (TPSA) is 52.6 Å². The summed E-state index contributed by atoms with van der Waals surface area (Å²) in [4.78, 5) is 12.0. The van der Waals surface area contributed by atoms with Crippen LogP contribution in [-0.4, -0.2) is 47.6 Å². The van der Waals surface area contributed by atoms with Gasteiger partial charge in [0.05, 0.1) is 12.2 Å². The Hall–Kier alpha value is -1.19. The van der Waals surface area contributed by atoms with Crippen molar-refractivity contribution in [2.24, 2.45) is 10.9 Å². The molecule has 0 bridgehead atoms. The molecule has 1 aromatic heterocycles. The van der Waals surface area contributed by atoms with Gasteiger partial charge in [-0.1, -0.05) is 37.3 Å². The van der Waals surface area contributed by atoms with Crippen molar-refractivity contribution in [2.45, 2.75) is 46.3 Å². The van der Waals surface area contributed by atoms with Crippen LogP contribution in [0, 0.1) is 5.92 Å². The Bertz CT molecular complexity index is 746. The van der Waals surface area contributed by atoms with Crippen molar-refractivity contribution in [1.29, 1.82) is 0 Å². The number of halogens is 1. The maximum atomic E-state index is 4.78. The molecule has 1 fully saturated rings. The Morgan fingerprint density at radius 3 is 2.68 bits per heavy atom. The normalized spacial score (nSPS) is 20.2. The first-order valence-corrected chi connectivity index (χ1v) is 10.7. The lowest BCUT2D eigenvalue weighted by Gasteiger charge is -2.21. The summed E-state index contributed by atoms with van der Waals surface area (Å²) < 4.78 is 0. The van der Waals surface area contributed by atoms with E-state index in [0.717, 1.165) is 41.9 Å². The smallest absolute Gasteiger partial charge is 0.191 e. The molecule has 3 rings (SSSR count). The zero-order valence-corrected chi connectivity index (χ0v) is 20.3. The molecule has 0 aliphatic carbocycles. The van der Waals surface area contributed by atoms with Crippen LogP contribution < -0.4 is 10.6 Å². The van der Waals surface area contributed by atoms with E-state index in [4.69, 9.17) is 9.98 Å². The lowest BCUT2D eigenvalue weighted by Crippen LogP contribution is -2.46. The molecule has 5 nitrogen and oxygen atoms in total. The fraction of sp³-hybridized carbons (Fsp3) is 0.524. The molecular formula is C21H32IN5S. The lowest BCUT2D eigenvalue weighted by atomic mass is 10.1. The second-order valence-corrected chi connectivity index (χ2v) is 8.34. The summed E-state index contributed by atoms with van der Waals surface area (Å²) in [5.41, 5.74) is 2.18. The average Bonchev–Trinajstić information content (AvgIpc) is 3.28. The number of guanidine groups is 1. The van der Waals surface area contributed by atoms with Gasteiger partial charge in [-0.05, 0) is 26.7 Å². The number of hydrogen-bond donors (Lipinski definition) is 2. The molecule has 1 aliphatic heterocycles. The molecule has 2 unspecified atom stereocenters. The molecule has 2 aromatic rings. The van der Waals surface area contributed by atoms with E-state index in [0.29, 0.717) is 24.5 Å². The highest BCUT2D eigenvalue weighted by atomic mass is 127. The van der Waals surface area contributed by atoms with Crippen LogP contribution in [0.15, 0.2) is 40.7 Å². The standard InChI is InChI=1S/C21H31N5S.HI/c1-5-22-21(25-19-13-26(15(2)3)12-16(19)4)23-11-18-14-27-20(24-18)17-9-7-6-8-10-17;/h6-10,14-16,19H,5,11-13H2,1-4H3,(H2,22,23,25);1H. The third-order valence-electron chi connectivity index (χ3n) is 5.01. The van der Waals surface area contributed by atoms with Gasteiger partial charge in [0.25, 0.3) is 0 Å². The molecule has 0 radical (unpaired) electrons. The summed E-state index contributed by atoms with van der Waals surface area (Å²) in [7, 11) is 0. The highest BCUT2D eigenvalue weighted by molar-refractivity contribution is 14.0. The maximum absolute atomic E-state index is 4.78. The van der Waals surface area contributed by atoms with Crippen LogP contribution in [0.5, 0.6) is 0 Å². The van der Waals surface area contributed by atoms with Gasteiger partial charge in [-0.25, -0.2) is 9.98 Å².